The molecule has 7 nitrogen and oxygen atoms in total. The van der Waals surface area contributed by atoms with Crippen molar-refractivity contribution in [1.29, 1.82) is 0 Å². The van der Waals surface area contributed by atoms with Crippen LogP contribution in [0.2, 0.25) is 0 Å². The fourth-order valence-corrected chi connectivity index (χ4v) is 4.31. The fraction of sp³-hybridized carbons (Fsp3) is 0.444. The quantitative estimate of drug-likeness (QED) is 0.511. The van der Waals surface area contributed by atoms with Crippen molar-refractivity contribution >= 4 is 23.4 Å². The number of piperidine rings is 1. The standard InChI is InChI=1S/C27H35FN4O3/c1-18(2)16-24(26(34)30-22-10-8-21(28)9-11-22)31-25(33)20-12-14-32(15-13-20)27(35)23(29)17-19-6-4-3-5-7-19/h3-11,18,20,23-24H,12-17,29H2,1-2H3,(H,30,34)(H,31,33)/t23-,24-/m0/s1. The van der Waals surface area contributed by atoms with E-state index in [9.17, 15) is 18.8 Å². The summed E-state index contributed by atoms with van der Waals surface area (Å²) in [5.41, 5.74) is 7.64. The van der Waals surface area contributed by atoms with Crippen LogP contribution in [0.15, 0.2) is 54.6 Å². The Kier molecular flexibility index (Phi) is 9.37. The summed E-state index contributed by atoms with van der Waals surface area (Å²) >= 11 is 0. The second-order valence-corrected chi connectivity index (χ2v) is 9.58. The average molecular weight is 483 g/mol. The van der Waals surface area contributed by atoms with Crippen LogP contribution in [0.5, 0.6) is 0 Å². The molecule has 0 radical (unpaired) electrons. The highest BCUT2D eigenvalue weighted by Crippen LogP contribution is 2.20. The van der Waals surface area contributed by atoms with Crippen LogP contribution in [-0.2, 0) is 20.8 Å². The molecule has 35 heavy (non-hydrogen) atoms. The van der Waals surface area contributed by atoms with Gasteiger partial charge in [-0.3, -0.25) is 14.4 Å². The number of amides is 3. The summed E-state index contributed by atoms with van der Waals surface area (Å²) in [4.78, 5) is 40.3. The summed E-state index contributed by atoms with van der Waals surface area (Å²) in [6, 6.07) is 13.8. The Morgan fingerprint density at radius 1 is 1.03 bits per heavy atom. The number of rotatable bonds is 9. The lowest BCUT2D eigenvalue weighted by atomic mass is 9.94. The van der Waals surface area contributed by atoms with Crippen LogP contribution < -0.4 is 16.4 Å². The Labute approximate surface area is 206 Å². The van der Waals surface area contributed by atoms with Gasteiger partial charge in [-0.05, 0) is 61.4 Å². The van der Waals surface area contributed by atoms with Gasteiger partial charge in [0.2, 0.25) is 17.7 Å². The van der Waals surface area contributed by atoms with Gasteiger partial charge >= 0.3 is 0 Å². The molecule has 2 atom stereocenters. The summed E-state index contributed by atoms with van der Waals surface area (Å²) in [5.74, 6) is -1.11. The number of carbonyl (C=O) groups excluding carboxylic acids is 3. The summed E-state index contributed by atoms with van der Waals surface area (Å²) in [5, 5.41) is 5.65. The molecule has 8 heteroatoms. The topological polar surface area (TPSA) is 105 Å². The Balaban J connectivity index is 1.52. The van der Waals surface area contributed by atoms with Gasteiger partial charge < -0.3 is 21.3 Å². The Bertz CT molecular complexity index is 989. The number of hydrogen-bond donors (Lipinski definition) is 3. The normalized spacial score (nSPS) is 16.0. The van der Waals surface area contributed by atoms with Crippen LogP contribution in [0.25, 0.3) is 0 Å². The smallest absolute Gasteiger partial charge is 0.246 e. The lowest BCUT2D eigenvalue weighted by Gasteiger charge is -2.33. The molecule has 2 aromatic rings. The van der Waals surface area contributed by atoms with Crippen molar-refractivity contribution in [3.8, 4) is 0 Å². The molecule has 0 saturated carbocycles. The summed E-state index contributed by atoms with van der Waals surface area (Å²) < 4.78 is 13.2. The molecule has 1 aliphatic rings. The molecule has 0 unspecified atom stereocenters. The second kappa shape index (κ2) is 12.4. The average Bonchev–Trinajstić information content (AvgIpc) is 2.85. The van der Waals surface area contributed by atoms with E-state index in [2.05, 4.69) is 10.6 Å². The summed E-state index contributed by atoms with van der Waals surface area (Å²) in [6.07, 6.45) is 1.98. The molecule has 3 rings (SSSR count). The van der Waals surface area contributed by atoms with Crippen LogP contribution in [0, 0.1) is 17.7 Å². The first-order valence-electron chi connectivity index (χ1n) is 12.2. The number of nitrogens with two attached hydrogens (primary N) is 1. The van der Waals surface area contributed by atoms with Crippen LogP contribution in [0.1, 0.15) is 38.7 Å². The minimum atomic E-state index is -0.702. The number of nitrogens with one attached hydrogen (secondary N) is 2. The van der Waals surface area contributed by atoms with E-state index < -0.39 is 12.1 Å². The minimum absolute atomic E-state index is 0.107. The predicted molar refractivity (Wildman–Crippen MR) is 134 cm³/mol. The molecule has 1 aliphatic heterocycles. The zero-order valence-electron chi connectivity index (χ0n) is 20.4. The van der Waals surface area contributed by atoms with Crippen molar-refractivity contribution in [3.05, 3.63) is 66.0 Å². The number of nitrogens with zero attached hydrogens (tertiary/aromatic N) is 1. The fourth-order valence-electron chi connectivity index (χ4n) is 4.31. The lowest BCUT2D eigenvalue weighted by Crippen LogP contribution is -2.51. The molecule has 4 N–H and O–H groups in total. The number of benzene rings is 2. The third-order valence-electron chi connectivity index (χ3n) is 6.24. The maximum Gasteiger partial charge on any atom is 0.246 e. The first kappa shape index (κ1) is 26.3. The van der Waals surface area contributed by atoms with E-state index >= 15 is 0 Å². The van der Waals surface area contributed by atoms with Crippen LogP contribution in [0.4, 0.5) is 10.1 Å². The number of anilines is 1. The van der Waals surface area contributed by atoms with Crippen molar-refractivity contribution in [2.45, 2.75) is 51.6 Å². The molecular weight excluding hydrogens is 447 g/mol. The number of carbonyl (C=O) groups is 3. The highest BCUT2D eigenvalue weighted by Gasteiger charge is 2.32. The maximum atomic E-state index is 13.2. The van der Waals surface area contributed by atoms with Gasteiger partial charge in [0, 0.05) is 24.7 Å². The molecule has 1 heterocycles. The van der Waals surface area contributed by atoms with Gasteiger partial charge in [-0.15, -0.1) is 0 Å². The van der Waals surface area contributed by atoms with Crippen molar-refractivity contribution in [3.63, 3.8) is 0 Å². The first-order chi connectivity index (χ1) is 16.7. The van der Waals surface area contributed by atoms with E-state index in [0.717, 1.165) is 5.56 Å². The molecule has 3 amide bonds. The van der Waals surface area contributed by atoms with E-state index in [-0.39, 0.29) is 35.4 Å². The van der Waals surface area contributed by atoms with Gasteiger partial charge in [0.1, 0.15) is 11.9 Å². The zero-order chi connectivity index (χ0) is 25.4. The summed E-state index contributed by atoms with van der Waals surface area (Å²) in [7, 11) is 0. The van der Waals surface area contributed by atoms with Crippen molar-refractivity contribution in [2.75, 3.05) is 18.4 Å². The number of halogens is 1. The molecule has 0 aliphatic carbocycles. The van der Waals surface area contributed by atoms with Crippen LogP contribution >= 0.6 is 0 Å². The van der Waals surface area contributed by atoms with E-state index in [1.54, 1.807) is 4.90 Å². The van der Waals surface area contributed by atoms with Crippen LogP contribution in [-0.4, -0.2) is 47.8 Å². The first-order valence-corrected chi connectivity index (χ1v) is 12.2. The van der Waals surface area contributed by atoms with Gasteiger partial charge in [0.15, 0.2) is 0 Å². The van der Waals surface area contributed by atoms with E-state index in [1.807, 2.05) is 44.2 Å². The van der Waals surface area contributed by atoms with Crippen molar-refractivity contribution in [1.82, 2.24) is 10.2 Å². The van der Waals surface area contributed by atoms with E-state index in [0.29, 0.717) is 44.5 Å². The third kappa shape index (κ3) is 7.89. The van der Waals surface area contributed by atoms with Gasteiger partial charge in [-0.25, -0.2) is 4.39 Å². The van der Waals surface area contributed by atoms with E-state index in [4.69, 9.17) is 5.73 Å². The lowest BCUT2D eigenvalue weighted by molar-refractivity contribution is -0.137. The third-order valence-corrected chi connectivity index (χ3v) is 6.24. The van der Waals surface area contributed by atoms with Gasteiger partial charge in [0.05, 0.1) is 6.04 Å². The molecule has 2 aromatic carbocycles. The SMILES string of the molecule is CC(C)C[C@H](NC(=O)C1CCN(C(=O)[C@@H](N)Cc2ccccc2)CC1)C(=O)Nc1ccc(F)cc1. The minimum Gasteiger partial charge on any atom is -0.344 e. The van der Waals surface area contributed by atoms with Crippen LogP contribution in [0.3, 0.4) is 0 Å². The molecule has 1 fully saturated rings. The van der Waals surface area contributed by atoms with Crippen molar-refractivity contribution in [2.24, 2.45) is 17.6 Å². The molecule has 188 valence electrons. The van der Waals surface area contributed by atoms with Crippen molar-refractivity contribution < 1.29 is 18.8 Å². The highest BCUT2D eigenvalue weighted by atomic mass is 19.1. The maximum absolute atomic E-state index is 13.2. The van der Waals surface area contributed by atoms with Gasteiger partial charge in [0.25, 0.3) is 0 Å². The Morgan fingerprint density at radius 2 is 1.66 bits per heavy atom. The Hall–Kier alpha value is -3.26. The molecule has 0 aromatic heterocycles. The second-order valence-electron chi connectivity index (χ2n) is 9.58. The van der Waals surface area contributed by atoms with E-state index in [1.165, 1.54) is 24.3 Å². The molecule has 0 spiro atoms. The number of hydrogen-bond acceptors (Lipinski definition) is 4. The van der Waals surface area contributed by atoms with Gasteiger partial charge in [-0.1, -0.05) is 44.2 Å². The Morgan fingerprint density at radius 3 is 2.26 bits per heavy atom. The summed E-state index contributed by atoms with van der Waals surface area (Å²) in [6.45, 7) is 4.87. The highest BCUT2D eigenvalue weighted by molar-refractivity contribution is 5.97. The predicted octanol–water partition coefficient (Wildman–Crippen LogP) is 3.10. The van der Waals surface area contributed by atoms with Gasteiger partial charge in [-0.2, -0.15) is 0 Å². The zero-order valence-corrected chi connectivity index (χ0v) is 20.4. The monoisotopic (exact) mass is 482 g/mol. The molecular formula is C27H35FN4O3. The number of likely N-dealkylation sites (tertiary alicyclic amines) is 1. The molecule has 1 saturated heterocycles. The molecule has 0 bridgehead atoms. The largest absolute Gasteiger partial charge is 0.344 e.